The second-order valence-corrected chi connectivity index (χ2v) is 5.70. The summed E-state index contributed by atoms with van der Waals surface area (Å²) < 4.78 is 5.81. The largest absolute Gasteiger partial charge is 0.396 e. The molecule has 1 aliphatic carbocycles. The van der Waals surface area contributed by atoms with Gasteiger partial charge in [-0.15, -0.1) is 0 Å². The molecule has 1 N–H and O–H groups in total. The fourth-order valence-electron chi connectivity index (χ4n) is 2.97. The first-order valence-electron chi connectivity index (χ1n) is 6.65. The minimum absolute atomic E-state index is 0.0600. The van der Waals surface area contributed by atoms with Crippen LogP contribution in [0.5, 0.6) is 0 Å². The molecule has 0 aromatic carbocycles. The van der Waals surface area contributed by atoms with Crippen molar-refractivity contribution in [3.63, 3.8) is 0 Å². The SMILES string of the molecule is CCC(C)(CO)CN1CCOC2CCCC21. The quantitative estimate of drug-likeness (QED) is 0.792. The predicted octanol–water partition coefficient (Wildman–Crippen LogP) is 1.65. The highest BCUT2D eigenvalue weighted by atomic mass is 16.5. The van der Waals surface area contributed by atoms with Crippen molar-refractivity contribution >= 4 is 0 Å². The van der Waals surface area contributed by atoms with Crippen molar-refractivity contribution < 1.29 is 9.84 Å². The second-order valence-electron chi connectivity index (χ2n) is 5.70. The van der Waals surface area contributed by atoms with Crippen molar-refractivity contribution in [3.05, 3.63) is 0 Å². The van der Waals surface area contributed by atoms with Crippen LogP contribution in [0.2, 0.25) is 0 Å². The van der Waals surface area contributed by atoms with Crippen molar-refractivity contribution in [2.75, 3.05) is 26.3 Å². The summed E-state index contributed by atoms with van der Waals surface area (Å²) >= 11 is 0. The molecule has 3 heteroatoms. The second kappa shape index (κ2) is 5.03. The summed E-state index contributed by atoms with van der Waals surface area (Å²) in [6.07, 6.45) is 5.30. The van der Waals surface area contributed by atoms with Gasteiger partial charge >= 0.3 is 0 Å². The third-order valence-corrected chi connectivity index (χ3v) is 4.42. The van der Waals surface area contributed by atoms with Crippen molar-refractivity contribution in [2.24, 2.45) is 5.41 Å². The van der Waals surface area contributed by atoms with Crippen molar-refractivity contribution in [3.8, 4) is 0 Å². The number of nitrogens with zero attached hydrogens (tertiary/aromatic N) is 1. The zero-order chi connectivity index (χ0) is 11.6. The van der Waals surface area contributed by atoms with Crippen LogP contribution in [0.15, 0.2) is 0 Å². The standard InChI is InChI=1S/C13H25NO2/c1-3-13(2,10-15)9-14-7-8-16-12-6-4-5-11(12)14/h11-12,15H,3-10H2,1-2H3. The Morgan fingerprint density at radius 2 is 2.25 bits per heavy atom. The normalized spacial score (nSPS) is 34.7. The van der Waals surface area contributed by atoms with E-state index in [-0.39, 0.29) is 12.0 Å². The van der Waals surface area contributed by atoms with E-state index in [4.69, 9.17) is 4.74 Å². The van der Waals surface area contributed by atoms with E-state index in [1.165, 1.54) is 19.3 Å². The van der Waals surface area contributed by atoms with Gasteiger partial charge in [-0.2, -0.15) is 0 Å². The monoisotopic (exact) mass is 227 g/mol. The van der Waals surface area contributed by atoms with E-state index in [1.54, 1.807) is 0 Å². The van der Waals surface area contributed by atoms with Crippen LogP contribution >= 0.6 is 0 Å². The summed E-state index contributed by atoms with van der Waals surface area (Å²) in [4.78, 5) is 2.56. The molecule has 2 aliphatic rings. The van der Waals surface area contributed by atoms with Crippen LogP contribution < -0.4 is 0 Å². The minimum Gasteiger partial charge on any atom is -0.396 e. The van der Waals surface area contributed by atoms with Crippen LogP contribution in [0.25, 0.3) is 0 Å². The van der Waals surface area contributed by atoms with Gasteiger partial charge in [0.2, 0.25) is 0 Å². The lowest BCUT2D eigenvalue weighted by atomic mass is 9.87. The van der Waals surface area contributed by atoms with Gasteiger partial charge in [-0.3, -0.25) is 4.90 Å². The lowest BCUT2D eigenvalue weighted by Gasteiger charge is -2.42. The number of rotatable bonds is 4. The van der Waals surface area contributed by atoms with Gasteiger partial charge in [0.15, 0.2) is 0 Å². The number of morpholine rings is 1. The van der Waals surface area contributed by atoms with Gasteiger partial charge < -0.3 is 9.84 Å². The summed E-state index contributed by atoms with van der Waals surface area (Å²) in [7, 11) is 0. The molecule has 1 heterocycles. The molecule has 94 valence electrons. The van der Waals surface area contributed by atoms with Gasteiger partial charge in [-0.1, -0.05) is 13.8 Å². The Hall–Kier alpha value is -0.120. The molecule has 0 spiro atoms. The molecule has 3 unspecified atom stereocenters. The Morgan fingerprint density at radius 1 is 1.44 bits per heavy atom. The number of fused-ring (bicyclic) bond motifs is 1. The molecule has 1 saturated heterocycles. The summed E-state index contributed by atoms with van der Waals surface area (Å²) in [6.45, 7) is 7.57. The van der Waals surface area contributed by atoms with Crippen molar-refractivity contribution in [1.82, 2.24) is 4.90 Å². The number of aliphatic hydroxyl groups is 1. The maximum atomic E-state index is 9.50. The molecule has 0 amide bonds. The average molecular weight is 227 g/mol. The maximum absolute atomic E-state index is 9.50. The third-order valence-electron chi connectivity index (χ3n) is 4.42. The number of hydrogen-bond acceptors (Lipinski definition) is 3. The first-order valence-corrected chi connectivity index (χ1v) is 6.65. The van der Waals surface area contributed by atoms with Gasteiger partial charge in [0, 0.05) is 31.2 Å². The highest BCUT2D eigenvalue weighted by molar-refractivity contribution is 4.91. The van der Waals surface area contributed by atoms with Crippen LogP contribution in [0, 0.1) is 5.41 Å². The number of ether oxygens (including phenoxy) is 1. The van der Waals surface area contributed by atoms with E-state index in [0.29, 0.717) is 12.1 Å². The zero-order valence-electron chi connectivity index (χ0n) is 10.6. The lowest BCUT2D eigenvalue weighted by Crippen LogP contribution is -2.52. The Morgan fingerprint density at radius 3 is 2.94 bits per heavy atom. The molecular formula is C13H25NO2. The highest BCUT2D eigenvalue weighted by Crippen LogP contribution is 2.32. The number of aliphatic hydroxyl groups excluding tert-OH is 1. The molecule has 2 fully saturated rings. The number of hydrogen-bond donors (Lipinski definition) is 1. The zero-order valence-corrected chi connectivity index (χ0v) is 10.6. The average Bonchev–Trinajstić information content (AvgIpc) is 2.78. The van der Waals surface area contributed by atoms with E-state index in [0.717, 1.165) is 26.1 Å². The first-order chi connectivity index (χ1) is 7.68. The van der Waals surface area contributed by atoms with E-state index in [2.05, 4.69) is 18.7 Å². The van der Waals surface area contributed by atoms with Crippen LogP contribution in [0.1, 0.15) is 39.5 Å². The van der Waals surface area contributed by atoms with Gasteiger partial charge in [-0.25, -0.2) is 0 Å². The fourth-order valence-corrected chi connectivity index (χ4v) is 2.97. The Balaban J connectivity index is 1.97. The summed E-state index contributed by atoms with van der Waals surface area (Å²) in [5, 5.41) is 9.50. The topological polar surface area (TPSA) is 32.7 Å². The van der Waals surface area contributed by atoms with E-state index in [1.807, 2.05) is 0 Å². The molecule has 0 bridgehead atoms. The van der Waals surface area contributed by atoms with Crippen LogP contribution in [-0.2, 0) is 4.74 Å². The third kappa shape index (κ3) is 2.41. The van der Waals surface area contributed by atoms with E-state index < -0.39 is 0 Å². The van der Waals surface area contributed by atoms with Crippen molar-refractivity contribution in [2.45, 2.75) is 51.7 Å². The van der Waals surface area contributed by atoms with Crippen LogP contribution in [0.4, 0.5) is 0 Å². The Labute approximate surface area is 98.8 Å². The molecule has 1 aliphatic heterocycles. The summed E-state index contributed by atoms with van der Waals surface area (Å²) in [5.74, 6) is 0. The Kier molecular flexibility index (Phi) is 3.88. The highest BCUT2D eigenvalue weighted by Gasteiger charge is 2.38. The molecule has 2 rings (SSSR count). The minimum atomic E-state index is 0.0600. The Bertz CT molecular complexity index is 228. The van der Waals surface area contributed by atoms with Gasteiger partial charge in [0.1, 0.15) is 0 Å². The van der Waals surface area contributed by atoms with Gasteiger partial charge in [-0.05, 0) is 25.7 Å². The molecule has 0 aromatic heterocycles. The molecule has 1 saturated carbocycles. The summed E-state index contributed by atoms with van der Waals surface area (Å²) in [6, 6.07) is 0.617. The molecule has 0 radical (unpaired) electrons. The summed E-state index contributed by atoms with van der Waals surface area (Å²) in [5.41, 5.74) is 0.0600. The maximum Gasteiger partial charge on any atom is 0.0730 e. The van der Waals surface area contributed by atoms with E-state index in [9.17, 15) is 5.11 Å². The smallest absolute Gasteiger partial charge is 0.0730 e. The van der Waals surface area contributed by atoms with Crippen LogP contribution in [0.3, 0.4) is 0 Å². The molecule has 3 nitrogen and oxygen atoms in total. The predicted molar refractivity (Wildman–Crippen MR) is 64.4 cm³/mol. The molecule has 16 heavy (non-hydrogen) atoms. The molecule has 0 aromatic rings. The van der Waals surface area contributed by atoms with Gasteiger partial charge in [0.25, 0.3) is 0 Å². The first kappa shape index (κ1) is 12.3. The fraction of sp³-hybridized carbons (Fsp3) is 1.00. The van der Waals surface area contributed by atoms with E-state index >= 15 is 0 Å². The van der Waals surface area contributed by atoms with Crippen LogP contribution in [-0.4, -0.2) is 48.5 Å². The van der Waals surface area contributed by atoms with Gasteiger partial charge in [0.05, 0.1) is 12.7 Å². The van der Waals surface area contributed by atoms with Crippen molar-refractivity contribution in [1.29, 1.82) is 0 Å². The molecule has 3 atom stereocenters. The lowest BCUT2D eigenvalue weighted by molar-refractivity contribution is -0.0722. The molecular weight excluding hydrogens is 202 g/mol.